The Bertz CT molecular complexity index is 1030. The zero-order chi connectivity index (χ0) is 22.6. The van der Waals surface area contributed by atoms with E-state index >= 15 is 0 Å². The van der Waals surface area contributed by atoms with E-state index in [1.54, 1.807) is 0 Å². The first-order valence-corrected chi connectivity index (χ1v) is 12.1. The van der Waals surface area contributed by atoms with Gasteiger partial charge in [-0.25, -0.2) is 0 Å². The lowest BCUT2D eigenvalue weighted by Crippen LogP contribution is -2.47. The molecule has 5 rings (SSSR count). The third-order valence-corrected chi connectivity index (χ3v) is 6.33. The first-order chi connectivity index (χ1) is 16.2. The van der Waals surface area contributed by atoms with Gasteiger partial charge in [0.1, 0.15) is 5.75 Å². The van der Waals surface area contributed by atoms with Gasteiger partial charge >= 0.3 is 0 Å². The number of nitrogens with zero attached hydrogens (tertiary/aromatic N) is 3. The Morgan fingerprint density at radius 2 is 1.30 bits per heavy atom. The van der Waals surface area contributed by atoms with Crippen LogP contribution < -0.4 is 19.3 Å². The standard InChI is InChI=1S/C28H33N3O2/c1-22(2)32-26-13-6-3-10-23(26)30-20-18-29(19-21-30)16-9-17-31-24-11-4-7-14-27(24)33-28-15-8-5-12-25(28)31/h3-8,10-15,22H,9,16-21H2,1-2H3. The van der Waals surface area contributed by atoms with Gasteiger partial charge in [-0.2, -0.15) is 0 Å². The molecule has 2 aliphatic rings. The molecule has 0 unspecified atom stereocenters. The van der Waals surface area contributed by atoms with Crippen LogP contribution in [0.25, 0.3) is 0 Å². The molecule has 0 spiro atoms. The fourth-order valence-electron chi connectivity index (χ4n) is 4.76. The summed E-state index contributed by atoms with van der Waals surface area (Å²) in [5, 5.41) is 0. The molecule has 33 heavy (non-hydrogen) atoms. The highest BCUT2D eigenvalue weighted by Crippen LogP contribution is 2.46. The summed E-state index contributed by atoms with van der Waals surface area (Å²) >= 11 is 0. The summed E-state index contributed by atoms with van der Waals surface area (Å²) in [7, 11) is 0. The molecule has 0 saturated carbocycles. The fraction of sp³-hybridized carbons (Fsp3) is 0.357. The van der Waals surface area contributed by atoms with E-state index < -0.39 is 0 Å². The van der Waals surface area contributed by atoms with Gasteiger partial charge in [0.05, 0.1) is 23.2 Å². The van der Waals surface area contributed by atoms with Gasteiger partial charge in [0.2, 0.25) is 0 Å². The van der Waals surface area contributed by atoms with Gasteiger partial charge in [-0.05, 0) is 63.2 Å². The Morgan fingerprint density at radius 3 is 1.94 bits per heavy atom. The molecule has 0 bridgehead atoms. The number of hydrogen-bond donors (Lipinski definition) is 0. The molecule has 0 radical (unpaired) electrons. The summed E-state index contributed by atoms with van der Waals surface area (Å²) in [5.41, 5.74) is 3.53. The third-order valence-electron chi connectivity index (χ3n) is 6.33. The number of anilines is 3. The van der Waals surface area contributed by atoms with E-state index in [4.69, 9.17) is 9.47 Å². The Kier molecular flexibility index (Phi) is 6.40. The maximum atomic E-state index is 6.12. The minimum atomic E-state index is 0.183. The van der Waals surface area contributed by atoms with Gasteiger partial charge in [0.25, 0.3) is 0 Å². The van der Waals surface area contributed by atoms with E-state index in [0.29, 0.717) is 0 Å². The molecule has 5 heteroatoms. The largest absolute Gasteiger partial charge is 0.489 e. The second-order valence-corrected chi connectivity index (χ2v) is 9.01. The number of hydrogen-bond acceptors (Lipinski definition) is 5. The quantitative estimate of drug-likeness (QED) is 0.451. The molecule has 1 saturated heterocycles. The highest BCUT2D eigenvalue weighted by molar-refractivity contribution is 5.77. The van der Waals surface area contributed by atoms with Crippen LogP contribution >= 0.6 is 0 Å². The van der Waals surface area contributed by atoms with Gasteiger partial charge in [0.15, 0.2) is 11.5 Å². The van der Waals surface area contributed by atoms with Crippen LogP contribution in [0.2, 0.25) is 0 Å². The molecule has 172 valence electrons. The topological polar surface area (TPSA) is 28.2 Å². The molecule has 0 atom stereocenters. The van der Waals surface area contributed by atoms with E-state index in [-0.39, 0.29) is 6.10 Å². The van der Waals surface area contributed by atoms with Crippen LogP contribution in [-0.4, -0.2) is 50.3 Å². The van der Waals surface area contributed by atoms with Gasteiger partial charge in [-0.1, -0.05) is 36.4 Å². The van der Waals surface area contributed by atoms with Crippen molar-refractivity contribution in [2.75, 3.05) is 49.1 Å². The van der Waals surface area contributed by atoms with Crippen molar-refractivity contribution in [1.82, 2.24) is 4.90 Å². The number of para-hydroxylation sites is 6. The minimum Gasteiger partial charge on any atom is -0.489 e. The Hall–Kier alpha value is -3.18. The van der Waals surface area contributed by atoms with E-state index in [1.165, 1.54) is 5.69 Å². The average molecular weight is 444 g/mol. The highest BCUT2D eigenvalue weighted by Gasteiger charge is 2.24. The molecular weight excluding hydrogens is 410 g/mol. The molecule has 0 amide bonds. The fourth-order valence-corrected chi connectivity index (χ4v) is 4.76. The summed E-state index contributed by atoms with van der Waals surface area (Å²) < 4.78 is 12.2. The van der Waals surface area contributed by atoms with E-state index in [1.807, 2.05) is 12.1 Å². The van der Waals surface area contributed by atoms with Gasteiger partial charge < -0.3 is 19.3 Å². The average Bonchev–Trinajstić information content (AvgIpc) is 2.84. The molecule has 0 aliphatic carbocycles. The van der Waals surface area contributed by atoms with Crippen molar-refractivity contribution in [3.05, 3.63) is 72.8 Å². The molecule has 2 aliphatic heterocycles. The third kappa shape index (κ3) is 4.79. The van der Waals surface area contributed by atoms with Crippen LogP contribution in [0.3, 0.4) is 0 Å². The van der Waals surface area contributed by atoms with Crippen LogP contribution in [0.15, 0.2) is 72.8 Å². The Morgan fingerprint density at radius 1 is 0.727 bits per heavy atom. The lowest BCUT2D eigenvalue weighted by Gasteiger charge is -2.37. The smallest absolute Gasteiger partial charge is 0.151 e. The predicted molar refractivity (Wildman–Crippen MR) is 135 cm³/mol. The van der Waals surface area contributed by atoms with Crippen LogP contribution in [-0.2, 0) is 0 Å². The van der Waals surface area contributed by atoms with Crippen molar-refractivity contribution in [3.8, 4) is 17.2 Å². The number of piperazine rings is 1. The van der Waals surface area contributed by atoms with Crippen LogP contribution in [0.4, 0.5) is 17.1 Å². The zero-order valence-corrected chi connectivity index (χ0v) is 19.6. The van der Waals surface area contributed by atoms with Crippen LogP contribution in [0.1, 0.15) is 20.3 Å². The van der Waals surface area contributed by atoms with Crippen LogP contribution in [0.5, 0.6) is 17.2 Å². The number of rotatable bonds is 7. The molecular formula is C28H33N3O2. The summed E-state index contributed by atoms with van der Waals surface area (Å²) in [6, 6.07) is 25.1. The lowest BCUT2D eigenvalue weighted by molar-refractivity contribution is 0.237. The first kappa shape index (κ1) is 21.7. The van der Waals surface area contributed by atoms with Crippen molar-refractivity contribution in [1.29, 1.82) is 0 Å². The van der Waals surface area contributed by atoms with Gasteiger partial charge in [-0.15, -0.1) is 0 Å². The second-order valence-electron chi connectivity index (χ2n) is 9.01. The Balaban J connectivity index is 1.18. The number of benzene rings is 3. The normalized spacial score (nSPS) is 15.7. The van der Waals surface area contributed by atoms with E-state index in [2.05, 4.69) is 89.2 Å². The van der Waals surface area contributed by atoms with Crippen molar-refractivity contribution in [3.63, 3.8) is 0 Å². The SMILES string of the molecule is CC(C)Oc1ccccc1N1CCN(CCCN2c3ccccc3Oc3ccccc32)CC1. The summed E-state index contributed by atoms with van der Waals surface area (Å²) in [5.74, 6) is 2.87. The predicted octanol–water partition coefficient (Wildman–Crippen LogP) is 5.93. The van der Waals surface area contributed by atoms with Crippen molar-refractivity contribution >= 4 is 17.1 Å². The molecule has 0 N–H and O–H groups in total. The van der Waals surface area contributed by atoms with Crippen molar-refractivity contribution in [2.45, 2.75) is 26.4 Å². The number of fused-ring (bicyclic) bond motifs is 2. The van der Waals surface area contributed by atoms with E-state index in [0.717, 1.165) is 74.3 Å². The Labute approximate surface area is 197 Å². The summed E-state index contributed by atoms with van der Waals surface area (Å²) in [4.78, 5) is 7.45. The minimum absolute atomic E-state index is 0.183. The summed E-state index contributed by atoms with van der Waals surface area (Å²) in [6.45, 7) is 10.4. The van der Waals surface area contributed by atoms with Crippen molar-refractivity contribution < 1.29 is 9.47 Å². The molecule has 0 aromatic heterocycles. The maximum absolute atomic E-state index is 6.12. The molecule has 2 heterocycles. The number of ether oxygens (including phenoxy) is 2. The van der Waals surface area contributed by atoms with Crippen LogP contribution in [0, 0.1) is 0 Å². The second kappa shape index (κ2) is 9.75. The molecule has 3 aromatic rings. The highest BCUT2D eigenvalue weighted by atomic mass is 16.5. The van der Waals surface area contributed by atoms with Gasteiger partial charge in [-0.3, -0.25) is 4.90 Å². The molecule has 5 nitrogen and oxygen atoms in total. The lowest BCUT2D eigenvalue weighted by atomic mass is 10.1. The molecule has 3 aromatic carbocycles. The van der Waals surface area contributed by atoms with Gasteiger partial charge in [0, 0.05) is 32.7 Å². The monoisotopic (exact) mass is 443 g/mol. The molecule has 1 fully saturated rings. The zero-order valence-electron chi connectivity index (χ0n) is 19.6. The van der Waals surface area contributed by atoms with Crippen molar-refractivity contribution in [2.24, 2.45) is 0 Å². The summed E-state index contributed by atoms with van der Waals surface area (Å²) in [6.07, 6.45) is 1.29. The maximum Gasteiger partial charge on any atom is 0.151 e. The van der Waals surface area contributed by atoms with E-state index in [9.17, 15) is 0 Å². The first-order valence-electron chi connectivity index (χ1n) is 12.1.